The number of aryl methyl sites for hydroxylation is 1. The average Bonchev–Trinajstić information content (AvgIpc) is 2.59. The molecule has 1 aromatic carbocycles. The maximum Gasteiger partial charge on any atom is 0.325 e. The van der Waals surface area contributed by atoms with Gasteiger partial charge in [-0.15, -0.1) is 0 Å². The van der Waals surface area contributed by atoms with Gasteiger partial charge in [-0.25, -0.2) is 0 Å². The van der Waals surface area contributed by atoms with E-state index in [1.807, 2.05) is 25.1 Å². The molecule has 1 heterocycles. The fourth-order valence-corrected chi connectivity index (χ4v) is 1.78. The molecule has 88 valence electrons. The Bertz CT molecular complexity index is 563. The molecule has 17 heavy (non-hydrogen) atoms. The molecule has 2 aromatic rings. The van der Waals surface area contributed by atoms with Gasteiger partial charge in [0.05, 0.1) is 5.69 Å². The Labute approximate surface area is 103 Å². The topological polar surface area (TPSA) is 55.1 Å². The standard InChI is InChI=1S/C12H11ClN2O2/c1-8-5-11(14-15(8)7-12(16)17)9-3-2-4-10(13)6-9/h2-6H,7H2,1H3,(H,16,17). The second-order valence-corrected chi connectivity index (χ2v) is 4.17. The molecule has 2 rings (SSSR count). The van der Waals surface area contributed by atoms with Crippen LogP contribution in [-0.4, -0.2) is 20.9 Å². The van der Waals surface area contributed by atoms with E-state index < -0.39 is 5.97 Å². The zero-order valence-electron chi connectivity index (χ0n) is 9.22. The maximum absolute atomic E-state index is 10.6. The molecule has 0 bridgehead atoms. The summed E-state index contributed by atoms with van der Waals surface area (Å²) in [5.74, 6) is -0.908. The van der Waals surface area contributed by atoms with Gasteiger partial charge in [-0.3, -0.25) is 9.48 Å². The molecule has 4 nitrogen and oxygen atoms in total. The molecule has 0 saturated carbocycles. The lowest BCUT2D eigenvalue weighted by molar-refractivity contribution is -0.137. The van der Waals surface area contributed by atoms with E-state index in [-0.39, 0.29) is 6.54 Å². The minimum atomic E-state index is -0.908. The summed E-state index contributed by atoms with van der Waals surface area (Å²) >= 11 is 5.90. The van der Waals surface area contributed by atoms with Crippen LogP contribution in [0.3, 0.4) is 0 Å². The van der Waals surface area contributed by atoms with Gasteiger partial charge in [0.1, 0.15) is 6.54 Å². The van der Waals surface area contributed by atoms with Gasteiger partial charge < -0.3 is 5.11 Å². The summed E-state index contributed by atoms with van der Waals surface area (Å²) in [6, 6.07) is 9.15. The van der Waals surface area contributed by atoms with E-state index in [0.29, 0.717) is 5.02 Å². The Morgan fingerprint density at radius 3 is 2.88 bits per heavy atom. The number of hydrogen-bond acceptors (Lipinski definition) is 2. The highest BCUT2D eigenvalue weighted by Gasteiger charge is 2.09. The van der Waals surface area contributed by atoms with E-state index in [0.717, 1.165) is 17.0 Å². The van der Waals surface area contributed by atoms with Gasteiger partial charge in [0.15, 0.2) is 0 Å². The number of carbonyl (C=O) groups is 1. The first kappa shape index (κ1) is 11.7. The monoisotopic (exact) mass is 250 g/mol. The summed E-state index contributed by atoms with van der Waals surface area (Å²) in [6.07, 6.45) is 0. The molecule has 0 radical (unpaired) electrons. The zero-order valence-corrected chi connectivity index (χ0v) is 9.98. The number of carboxylic acid groups (broad SMARTS) is 1. The van der Waals surface area contributed by atoms with Crippen LogP contribution in [0.15, 0.2) is 30.3 Å². The van der Waals surface area contributed by atoms with Crippen LogP contribution in [0, 0.1) is 6.92 Å². The first-order valence-electron chi connectivity index (χ1n) is 5.08. The largest absolute Gasteiger partial charge is 0.480 e. The average molecular weight is 251 g/mol. The molecule has 0 unspecified atom stereocenters. The van der Waals surface area contributed by atoms with Gasteiger partial charge in [-0.05, 0) is 25.1 Å². The van der Waals surface area contributed by atoms with Crippen LogP contribution in [0.5, 0.6) is 0 Å². The molecule has 0 aliphatic rings. The number of hydrogen-bond donors (Lipinski definition) is 1. The first-order valence-corrected chi connectivity index (χ1v) is 5.46. The van der Waals surface area contributed by atoms with E-state index >= 15 is 0 Å². The van der Waals surface area contributed by atoms with Gasteiger partial charge >= 0.3 is 5.97 Å². The van der Waals surface area contributed by atoms with Gasteiger partial charge in [-0.2, -0.15) is 5.10 Å². The van der Waals surface area contributed by atoms with E-state index in [1.165, 1.54) is 4.68 Å². The number of nitrogens with zero attached hydrogens (tertiary/aromatic N) is 2. The minimum absolute atomic E-state index is 0.133. The van der Waals surface area contributed by atoms with Gasteiger partial charge in [0.2, 0.25) is 0 Å². The molecule has 0 amide bonds. The number of rotatable bonds is 3. The summed E-state index contributed by atoms with van der Waals surface area (Å²) in [7, 11) is 0. The van der Waals surface area contributed by atoms with E-state index in [9.17, 15) is 4.79 Å². The molecule has 0 aliphatic carbocycles. The lowest BCUT2D eigenvalue weighted by Gasteiger charge is -1.99. The van der Waals surface area contributed by atoms with Crippen LogP contribution in [0.25, 0.3) is 11.3 Å². The van der Waals surface area contributed by atoms with Crippen LogP contribution in [0.4, 0.5) is 0 Å². The van der Waals surface area contributed by atoms with Crippen molar-refractivity contribution in [2.45, 2.75) is 13.5 Å². The minimum Gasteiger partial charge on any atom is -0.480 e. The maximum atomic E-state index is 10.6. The van der Waals surface area contributed by atoms with Crippen molar-refractivity contribution in [3.63, 3.8) is 0 Å². The molecular formula is C12H11ClN2O2. The SMILES string of the molecule is Cc1cc(-c2cccc(Cl)c2)nn1CC(=O)O. The van der Waals surface area contributed by atoms with E-state index in [4.69, 9.17) is 16.7 Å². The third kappa shape index (κ3) is 2.65. The van der Waals surface area contributed by atoms with Crippen LogP contribution >= 0.6 is 11.6 Å². The van der Waals surface area contributed by atoms with Crippen molar-refractivity contribution < 1.29 is 9.90 Å². The normalized spacial score (nSPS) is 10.5. The van der Waals surface area contributed by atoms with E-state index in [2.05, 4.69) is 5.10 Å². The lowest BCUT2D eigenvalue weighted by atomic mass is 10.1. The summed E-state index contributed by atoms with van der Waals surface area (Å²) in [5.41, 5.74) is 2.42. The summed E-state index contributed by atoms with van der Waals surface area (Å²) in [6.45, 7) is 1.69. The highest BCUT2D eigenvalue weighted by atomic mass is 35.5. The number of aliphatic carboxylic acids is 1. The Morgan fingerprint density at radius 2 is 2.24 bits per heavy atom. The van der Waals surface area contributed by atoms with Crippen molar-refractivity contribution in [1.29, 1.82) is 0 Å². The van der Waals surface area contributed by atoms with Crippen LogP contribution in [0.2, 0.25) is 5.02 Å². The third-order valence-electron chi connectivity index (χ3n) is 2.39. The van der Waals surface area contributed by atoms with Crippen molar-refractivity contribution in [1.82, 2.24) is 9.78 Å². The molecule has 0 saturated heterocycles. The molecule has 0 fully saturated rings. The van der Waals surface area contributed by atoms with Crippen molar-refractivity contribution in [3.8, 4) is 11.3 Å². The molecule has 5 heteroatoms. The van der Waals surface area contributed by atoms with Crippen LogP contribution < -0.4 is 0 Å². The van der Waals surface area contributed by atoms with Crippen LogP contribution in [0.1, 0.15) is 5.69 Å². The molecule has 1 N–H and O–H groups in total. The molecule has 1 aromatic heterocycles. The van der Waals surface area contributed by atoms with Crippen molar-refractivity contribution in [2.24, 2.45) is 0 Å². The van der Waals surface area contributed by atoms with Crippen molar-refractivity contribution in [3.05, 3.63) is 41.0 Å². The van der Waals surface area contributed by atoms with Gasteiger partial charge in [0, 0.05) is 16.3 Å². The molecule has 0 spiro atoms. The Hall–Kier alpha value is -1.81. The number of benzene rings is 1. The second-order valence-electron chi connectivity index (χ2n) is 3.73. The highest BCUT2D eigenvalue weighted by molar-refractivity contribution is 6.30. The van der Waals surface area contributed by atoms with Crippen molar-refractivity contribution >= 4 is 17.6 Å². The lowest BCUT2D eigenvalue weighted by Crippen LogP contribution is -2.11. The number of halogens is 1. The highest BCUT2D eigenvalue weighted by Crippen LogP contribution is 2.22. The van der Waals surface area contributed by atoms with Gasteiger partial charge in [0.25, 0.3) is 0 Å². The number of aromatic nitrogens is 2. The van der Waals surface area contributed by atoms with E-state index in [1.54, 1.807) is 12.1 Å². The Balaban J connectivity index is 2.37. The molecular weight excluding hydrogens is 240 g/mol. The summed E-state index contributed by atoms with van der Waals surface area (Å²) < 4.78 is 1.46. The fourth-order valence-electron chi connectivity index (χ4n) is 1.59. The Morgan fingerprint density at radius 1 is 1.47 bits per heavy atom. The predicted molar refractivity (Wildman–Crippen MR) is 65.0 cm³/mol. The van der Waals surface area contributed by atoms with Crippen LogP contribution in [-0.2, 0) is 11.3 Å². The molecule has 0 atom stereocenters. The summed E-state index contributed by atoms with van der Waals surface area (Å²) in [4.78, 5) is 10.6. The third-order valence-corrected chi connectivity index (χ3v) is 2.62. The molecule has 0 aliphatic heterocycles. The quantitative estimate of drug-likeness (QED) is 0.911. The summed E-state index contributed by atoms with van der Waals surface area (Å²) in [5, 5.41) is 13.6. The zero-order chi connectivity index (χ0) is 12.4. The fraction of sp³-hybridized carbons (Fsp3) is 0.167. The smallest absolute Gasteiger partial charge is 0.325 e. The first-order chi connectivity index (χ1) is 8.06. The predicted octanol–water partition coefficient (Wildman–Crippen LogP) is 2.60. The second kappa shape index (κ2) is 4.59. The van der Waals surface area contributed by atoms with Crippen molar-refractivity contribution in [2.75, 3.05) is 0 Å². The Kier molecular flexibility index (Phi) is 3.15. The van der Waals surface area contributed by atoms with Gasteiger partial charge in [-0.1, -0.05) is 23.7 Å². The number of carboxylic acids is 1.